The van der Waals surface area contributed by atoms with Gasteiger partial charge in [0.15, 0.2) is 5.96 Å². The number of hydrogen-bond donors (Lipinski definition) is 2. The monoisotopic (exact) mass is 173 g/mol. The minimum atomic E-state index is 0.539. The summed E-state index contributed by atoms with van der Waals surface area (Å²) >= 11 is 1.98. The van der Waals surface area contributed by atoms with Crippen molar-refractivity contribution in [2.24, 2.45) is 10.7 Å². The lowest BCUT2D eigenvalue weighted by Gasteiger charge is -2.22. The van der Waals surface area contributed by atoms with Crippen LogP contribution in [0.5, 0.6) is 0 Å². The van der Waals surface area contributed by atoms with Crippen molar-refractivity contribution in [1.82, 2.24) is 5.32 Å². The Hall–Kier alpha value is -0.380. The van der Waals surface area contributed by atoms with Gasteiger partial charge >= 0.3 is 0 Å². The standard InChI is InChI=1S/C7H15N3S/c1-9-7(8)10-6-3-2-4-11-5-6/h6H,2-5H2,1H3,(H3,8,9,10). The van der Waals surface area contributed by atoms with Crippen LogP contribution in [0.25, 0.3) is 0 Å². The predicted molar refractivity (Wildman–Crippen MR) is 51.0 cm³/mol. The number of hydrogen-bond acceptors (Lipinski definition) is 2. The molecule has 3 N–H and O–H groups in total. The van der Waals surface area contributed by atoms with E-state index in [1.165, 1.54) is 18.6 Å². The molecule has 3 nitrogen and oxygen atoms in total. The van der Waals surface area contributed by atoms with Crippen molar-refractivity contribution in [2.75, 3.05) is 18.6 Å². The summed E-state index contributed by atoms with van der Waals surface area (Å²) in [5.74, 6) is 3.02. The Kier molecular flexibility index (Phi) is 3.56. The molecule has 1 rings (SSSR count). The van der Waals surface area contributed by atoms with Crippen LogP contribution in [0.15, 0.2) is 4.99 Å². The van der Waals surface area contributed by atoms with Crippen LogP contribution in [-0.2, 0) is 0 Å². The molecule has 0 amide bonds. The van der Waals surface area contributed by atoms with Crippen LogP contribution < -0.4 is 11.1 Å². The number of thioether (sulfide) groups is 1. The lowest BCUT2D eigenvalue weighted by Crippen LogP contribution is -2.42. The first kappa shape index (κ1) is 8.71. The molecule has 1 fully saturated rings. The molecule has 64 valence electrons. The minimum absolute atomic E-state index is 0.539. The van der Waals surface area contributed by atoms with Gasteiger partial charge in [0.1, 0.15) is 0 Å². The van der Waals surface area contributed by atoms with E-state index in [2.05, 4.69) is 10.3 Å². The molecule has 0 saturated carbocycles. The SMILES string of the molecule is CN=C(N)NC1CCCSC1. The number of nitrogens with two attached hydrogens (primary N) is 1. The minimum Gasteiger partial charge on any atom is -0.370 e. The van der Waals surface area contributed by atoms with Crippen LogP contribution in [0.2, 0.25) is 0 Å². The van der Waals surface area contributed by atoms with Gasteiger partial charge in [-0.3, -0.25) is 4.99 Å². The lowest BCUT2D eigenvalue weighted by atomic mass is 10.2. The average molecular weight is 173 g/mol. The van der Waals surface area contributed by atoms with Crippen LogP contribution in [0.1, 0.15) is 12.8 Å². The fourth-order valence-corrected chi connectivity index (χ4v) is 2.20. The topological polar surface area (TPSA) is 50.4 Å². The predicted octanol–water partition coefficient (Wildman–Crippen LogP) is 0.416. The molecule has 1 saturated heterocycles. The second kappa shape index (κ2) is 4.49. The highest BCUT2D eigenvalue weighted by Crippen LogP contribution is 2.16. The van der Waals surface area contributed by atoms with Crippen LogP contribution in [0.3, 0.4) is 0 Å². The second-order valence-corrected chi connectivity index (χ2v) is 3.82. The van der Waals surface area contributed by atoms with Crippen LogP contribution in [0.4, 0.5) is 0 Å². The molecule has 1 aliphatic rings. The molecule has 0 aliphatic carbocycles. The Balaban J connectivity index is 2.24. The first-order valence-corrected chi connectivity index (χ1v) is 5.05. The number of nitrogens with zero attached hydrogens (tertiary/aromatic N) is 1. The van der Waals surface area contributed by atoms with Gasteiger partial charge in [-0.1, -0.05) is 0 Å². The van der Waals surface area contributed by atoms with E-state index in [4.69, 9.17) is 5.73 Å². The first-order chi connectivity index (χ1) is 5.33. The van der Waals surface area contributed by atoms with Crippen molar-refractivity contribution in [3.05, 3.63) is 0 Å². The number of nitrogens with one attached hydrogen (secondary N) is 1. The van der Waals surface area contributed by atoms with Gasteiger partial charge in [0, 0.05) is 18.8 Å². The summed E-state index contributed by atoms with van der Waals surface area (Å²) in [6.45, 7) is 0. The van der Waals surface area contributed by atoms with Crippen LogP contribution in [-0.4, -0.2) is 30.6 Å². The third-order valence-corrected chi connectivity index (χ3v) is 2.97. The van der Waals surface area contributed by atoms with E-state index in [-0.39, 0.29) is 0 Å². The maximum absolute atomic E-state index is 5.53. The fourth-order valence-electron chi connectivity index (χ4n) is 1.13. The Morgan fingerprint density at radius 1 is 1.73 bits per heavy atom. The van der Waals surface area contributed by atoms with Crippen molar-refractivity contribution >= 4 is 17.7 Å². The summed E-state index contributed by atoms with van der Waals surface area (Å²) in [5.41, 5.74) is 5.53. The molecule has 1 unspecified atom stereocenters. The molecule has 11 heavy (non-hydrogen) atoms. The van der Waals surface area contributed by atoms with E-state index in [9.17, 15) is 0 Å². The fraction of sp³-hybridized carbons (Fsp3) is 0.857. The van der Waals surface area contributed by atoms with E-state index < -0.39 is 0 Å². The normalized spacial score (nSPS) is 26.6. The summed E-state index contributed by atoms with van der Waals surface area (Å²) in [5, 5.41) is 3.18. The summed E-state index contributed by atoms with van der Waals surface area (Å²) in [6, 6.07) is 0.539. The van der Waals surface area contributed by atoms with Crippen molar-refractivity contribution in [3.8, 4) is 0 Å². The lowest BCUT2D eigenvalue weighted by molar-refractivity contribution is 0.591. The molecular weight excluding hydrogens is 158 g/mol. The van der Waals surface area contributed by atoms with Crippen molar-refractivity contribution < 1.29 is 0 Å². The quantitative estimate of drug-likeness (QED) is 0.446. The highest BCUT2D eigenvalue weighted by molar-refractivity contribution is 7.99. The highest BCUT2D eigenvalue weighted by Gasteiger charge is 2.12. The largest absolute Gasteiger partial charge is 0.370 e. The molecule has 0 aromatic rings. The van der Waals surface area contributed by atoms with Crippen molar-refractivity contribution in [2.45, 2.75) is 18.9 Å². The maximum Gasteiger partial charge on any atom is 0.188 e. The number of aliphatic imine (C=N–C) groups is 1. The molecule has 4 heteroatoms. The molecule has 1 aliphatic heterocycles. The van der Waals surface area contributed by atoms with Gasteiger partial charge in [-0.2, -0.15) is 11.8 Å². The van der Waals surface area contributed by atoms with E-state index in [0.29, 0.717) is 12.0 Å². The molecule has 0 bridgehead atoms. The third-order valence-electron chi connectivity index (χ3n) is 1.75. The molecule has 0 aromatic carbocycles. The maximum atomic E-state index is 5.53. The molecular formula is C7H15N3S. The molecule has 0 radical (unpaired) electrons. The first-order valence-electron chi connectivity index (χ1n) is 3.89. The average Bonchev–Trinajstić information content (AvgIpc) is 2.06. The Morgan fingerprint density at radius 2 is 2.55 bits per heavy atom. The molecule has 1 heterocycles. The molecule has 0 aromatic heterocycles. The van der Waals surface area contributed by atoms with Crippen molar-refractivity contribution in [3.63, 3.8) is 0 Å². The Bertz CT molecular complexity index is 141. The zero-order valence-electron chi connectivity index (χ0n) is 6.84. The zero-order chi connectivity index (χ0) is 8.10. The van der Waals surface area contributed by atoms with E-state index in [1.807, 2.05) is 11.8 Å². The van der Waals surface area contributed by atoms with Gasteiger partial charge in [0.05, 0.1) is 0 Å². The van der Waals surface area contributed by atoms with E-state index in [0.717, 1.165) is 5.75 Å². The summed E-state index contributed by atoms with van der Waals surface area (Å²) in [4.78, 5) is 3.86. The van der Waals surface area contributed by atoms with Gasteiger partial charge in [-0.25, -0.2) is 0 Å². The van der Waals surface area contributed by atoms with Gasteiger partial charge in [0.2, 0.25) is 0 Å². The summed E-state index contributed by atoms with van der Waals surface area (Å²) < 4.78 is 0. The van der Waals surface area contributed by atoms with Gasteiger partial charge in [-0.15, -0.1) is 0 Å². The van der Waals surface area contributed by atoms with Gasteiger partial charge in [0.25, 0.3) is 0 Å². The highest BCUT2D eigenvalue weighted by atomic mass is 32.2. The Labute approximate surface area is 71.8 Å². The number of rotatable bonds is 1. The van der Waals surface area contributed by atoms with Crippen molar-refractivity contribution in [1.29, 1.82) is 0 Å². The van der Waals surface area contributed by atoms with Crippen LogP contribution >= 0.6 is 11.8 Å². The Morgan fingerprint density at radius 3 is 3.09 bits per heavy atom. The smallest absolute Gasteiger partial charge is 0.188 e. The molecule has 0 spiro atoms. The summed E-state index contributed by atoms with van der Waals surface area (Å²) in [6.07, 6.45) is 2.52. The summed E-state index contributed by atoms with van der Waals surface area (Å²) in [7, 11) is 1.71. The van der Waals surface area contributed by atoms with E-state index in [1.54, 1.807) is 7.05 Å². The number of guanidine groups is 1. The zero-order valence-corrected chi connectivity index (χ0v) is 7.66. The van der Waals surface area contributed by atoms with Crippen LogP contribution in [0, 0.1) is 0 Å². The van der Waals surface area contributed by atoms with Gasteiger partial charge < -0.3 is 11.1 Å². The molecule has 1 atom stereocenters. The van der Waals surface area contributed by atoms with E-state index >= 15 is 0 Å². The van der Waals surface area contributed by atoms with Gasteiger partial charge in [-0.05, 0) is 18.6 Å². The third kappa shape index (κ3) is 3.01. The second-order valence-electron chi connectivity index (χ2n) is 2.67.